The van der Waals surface area contributed by atoms with Crippen LogP contribution in [0.2, 0.25) is 0 Å². The van der Waals surface area contributed by atoms with Gasteiger partial charge in [0.2, 0.25) is 0 Å². The van der Waals surface area contributed by atoms with Crippen LogP contribution in [0.3, 0.4) is 0 Å². The molecule has 0 spiro atoms. The predicted molar refractivity (Wildman–Crippen MR) is 166 cm³/mol. The first-order valence-corrected chi connectivity index (χ1v) is 13.7. The minimum atomic E-state index is -0.841. The molecule has 0 radical (unpaired) electrons. The Labute approximate surface area is 232 Å². The minimum Gasteiger partial charge on any atom is -0.204 e. The van der Waals surface area contributed by atoms with Crippen LogP contribution >= 0.6 is 0 Å². The lowest BCUT2D eigenvalue weighted by Crippen LogP contribution is -2.10. The normalized spacial score (nSPS) is 12.1. The number of hydrogen-bond donors (Lipinski definition) is 0. The summed E-state index contributed by atoms with van der Waals surface area (Å²) < 4.78 is 29.5. The molecule has 0 aliphatic carbocycles. The van der Waals surface area contributed by atoms with Crippen LogP contribution in [0.5, 0.6) is 0 Å². The van der Waals surface area contributed by atoms with Crippen molar-refractivity contribution in [2.45, 2.75) is 26.2 Å². The molecule has 0 unspecified atom stereocenters. The van der Waals surface area contributed by atoms with Gasteiger partial charge in [0.05, 0.1) is 0 Å². The number of benzene rings is 7. The van der Waals surface area contributed by atoms with Crippen LogP contribution in [0.15, 0.2) is 115 Å². The molecule has 0 fully saturated rings. The summed E-state index contributed by atoms with van der Waals surface area (Å²) in [7, 11) is 0. The third-order valence-corrected chi connectivity index (χ3v) is 8.14. The molecule has 2 heteroatoms. The van der Waals surface area contributed by atoms with E-state index in [0.717, 1.165) is 49.2 Å². The molecule has 194 valence electrons. The Bertz CT molecular complexity index is 2090. The van der Waals surface area contributed by atoms with Crippen LogP contribution in [-0.4, -0.2) is 0 Å². The van der Waals surface area contributed by atoms with Crippen LogP contribution in [0.1, 0.15) is 26.3 Å². The molecular formula is C38H28F2. The van der Waals surface area contributed by atoms with Crippen LogP contribution in [-0.2, 0) is 5.41 Å². The first kappa shape index (κ1) is 24.5. The highest BCUT2D eigenvalue weighted by Crippen LogP contribution is 2.44. The van der Waals surface area contributed by atoms with E-state index in [1.54, 1.807) is 0 Å². The average Bonchev–Trinajstić information content (AvgIpc) is 2.96. The van der Waals surface area contributed by atoms with E-state index in [9.17, 15) is 8.78 Å². The molecule has 0 nitrogen and oxygen atoms in total. The summed E-state index contributed by atoms with van der Waals surface area (Å²) in [5.74, 6) is -1.68. The van der Waals surface area contributed by atoms with E-state index in [0.29, 0.717) is 10.8 Å². The summed E-state index contributed by atoms with van der Waals surface area (Å²) >= 11 is 0. The highest BCUT2D eigenvalue weighted by Gasteiger charge is 2.19. The smallest absolute Gasteiger partial charge is 0.159 e. The first-order chi connectivity index (χ1) is 19.3. The highest BCUT2D eigenvalue weighted by molar-refractivity contribution is 6.22. The second-order valence-electron chi connectivity index (χ2n) is 11.7. The zero-order chi connectivity index (χ0) is 27.6. The molecule has 0 N–H and O–H groups in total. The van der Waals surface area contributed by atoms with Crippen LogP contribution in [0.4, 0.5) is 8.78 Å². The van der Waals surface area contributed by atoms with Crippen molar-refractivity contribution in [3.63, 3.8) is 0 Å². The standard InChI is InChI=1S/C38H28F2/c1-38(2,3)26-17-15-23(16-18-26)27-13-8-14-31-33(27)20-25-21-35(39)36(40)22-32(25)37(31)34-19-24-9-4-5-10-28(24)29-11-6-7-12-30(29)34/h4-22H,1-3H3. The lowest BCUT2D eigenvalue weighted by molar-refractivity contribution is 0.511. The molecule has 0 atom stereocenters. The SMILES string of the molecule is CC(C)(C)c1ccc(-c2cccc3c(-c4cc5ccccc5c5ccccc45)c4cc(F)c(F)cc4cc23)cc1. The quantitative estimate of drug-likeness (QED) is 0.156. The van der Waals surface area contributed by atoms with Gasteiger partial charge in [0, 0.05) is 0 Å². The highest BCUT2D eigenvalue weighted by atomic mass is 19.2. The number of fused-ring (bicyclic) bond motifs is 5. The maximum absolute atomic E-state index is 14.8. The van der Waals surface area contributed by atoms with Gasteiger partial charge in [-0.3, -0.25) is 0 Å². The van der Waals surface area contributed by atoms with E-state index in [-0.39, 0.29) is 5.41 Å². The summed E-state index contributed by atoms with van der Waals surface area (Å²) in [6.07, 6.45) is 0. The lowest BCUT2D eigenvalue weighted by Gasteiger charge is -2.20. The largest absolute Gasteiger partial charge is 0.204 e. The first-order valence-electron chi connectivity index (χ1n) is 13.7. The minimum absolute atomic E-state index is 0.0550. The van der Waals surface area contributed by atoms with Crippen molar-refractivity contribution in [2.24, 2.45) is 0 Å². The molecular weight excluding hydrogens is 494 g/mol. The Morgan fingerprint density at radius 3 is 1.85 bits per heavy atom. The van der Waals surface area contributed by atoms with Crippen molar-refractivity contribution in [2.75, 3.05) is 0 Å². The van der Waals surface area contributed by atoms with Gasteiger partial charge in [0.1, 0.15) is 0 Å². The average molecular weight is 523 g/mol. The molecule has 40 heavy (non-hydrogen) atoms. The van der Waals surface area contributed by atoms with Gasteiger partial charge >= 0.3 is 0 Å². The third-order valence-electron chi connectivity index (χ3n) is 8.14. The Kier molecular flexibility index (Phi) is 5.50. The zero-order valence-electron chi connectivity index (χ0n) is 22.7. The van der Waals surface area contributed by atoms with E-state index < -0.39 is 11.6 Å². The van der Waals surface area contributed by atoms with Gasteiger partial charge in [-0.1, -0.05) is 112 Å². The molecule has 0 amide bonds. The summed E-state index contributed by atoms with van der Waals surface area (Å²) in [6.45, 7) is 6.62. The van der Waals surface area contributed by atoms with E-state index in [1.165, 1.54) is 23.1 Å². The van der Waals surface area contributed by atoms with E-state index in [1.807, 2.05) is 24.3 Å². The fourth-order valence-corrected chi connectivity index (χ4v) is 6.09. The second-order valence-corrected chi connectivity index (χ2v) is 11.7. The van der Waals surface area contributed by atoms with Gasteiger partial charge < -0.3 is 0 Å². The van der Waals surface area contributed by atoms with Gasteiger partial charge in [-0.15, -0.1) is 0 Å². The van der Waals surface area contributed by atoms with E-state index in [2.05, 4.69) is 99.6 Å². The summed E-state index contributed by atoms with van der Waals surface area (Å²) in [4.78, 5) is 0. The molecule has 0 aliphatic heterocycles. The van der Waals surface area contributed by atoms with Crippen LogP contribution in [0.25, 0.3) is 65.3 Å². The maximum atomic E-state index is 14.8. The van der Waals surface area contributed by atoms with Crippen molar-refractivity contribution in [1.29, 1.82) is 0 Å². The number of rotatable bonds is 2. The molecule has 0 aliphatic rings. The Morgan fingerprint density at radius 2 is 1.10 bits per heavy atom. The molecule has 7 aromatic carbocycles. The molecule has 0 heterocycles. The van der Waals surface area contributed by atoms with Crippen molar-refractivity contribution in [3.8, 4) is 22.3 Å². The lowest BCUT2D eigenvalue weighted by atomic mass is 9.84. The fourth-order valence-electron chi connectivity index (χ4n) is 6.09. The van der Waals surface area contributed by atoms with Gasteiger partial charge in [-0.25, -0.2) is 8.78 Å². The van der Waals surface area contributed by atoms with Crippen LogP contribution in [0, 0.1) is 11.6 Å². The summed E-state index contributed by atoms with van der Waals surface area (Å²) in [5, 5.41) is 7.90. The van der Waals surface area contributed by atoms with Crippen LogP contribution < -0.4 is 0 Å². The summed E-state index contributed by atoms with van der Waals surface area (Å²) in [6, 6.07) is 38.5. The van der Waals surface area contributed by atoms with Gasteiger partial charge in [0.15, 0.2) is 11.6 Å². The second kappa shape index (κ2) is 8.99. The topological polar surface area (TPSA) is 0 Å². The molecule has 0 saturated heterocycles. The van der Waals surface area contributed by atoms with Crippen molar-refractivity contribution >= 4 is 43.1 Å². The number of halogens is 2. The molecule has 0 saturated carbocycles. The van der Waals surface area contributed by atoms with E-state index in [4.69, 9.17) is 0 Å². The van der Waals surface area contributed by atoms with Gasteiger partial charge in [-0.2, -0.15) is 0 Å². The Hall–Kier alpha value is -4.56. The van der Waals surface area contributed by atoms with E-state index >= 15 is 0 Å². The zero-order valence-corrected chi connectivity index (χ0v) is 22.7. The fraction of sp³-hybridized carbons (Fsp3) is 0.105. The van der Waals surface area contributed by atoms with Gasteiger partial charge in [-0.05, 0) is 101 Å². The monoisotopic (exact) mass is 522 g/mol. The maximum Gasteiger partial charge on any atom is 0.159 e. The summed E-state index contributed by atoms with van der Waals surface area (Å²) in [5.41, 5.74) is 5.41. The number of hydrogen-bond acceptors (Lipinski definition) is 0. The van der Waals surface area contributed by atoms with Crippen molar-refractivity contribution < 1.29 is 8.78 Å². The van der Waals surface area contributed by atoms with Gasteiger partial charge in [0.25, 0.3) is 0 Å². The predicted octanol–water partition coefficient (Wildman–Crippen LogP) is 11.2. The Balaban J connectivity index is 1.62. The Morgan fingerprint density at radius 1 is 0.450 bits per heavy atom. The third kappa shape index (κ3) is 3.86. The molecule has 0 bridgehead atoms. The molecule has 0 aromatic heterocycles. The van der Waals surface area contributed by atoms with Crippen molar-refractivity contribution in [3.05, 3.63) is 132 Å². The van der Waals surface area contributed by atoms with Crippen molar-refractivity contribution in [1.82, 2.24) is 0 Å². The molecule has 7 rings (SSSR count). The molecule has 7 aromatic rings.